The van der Waals surface area contributed by atoms with Crippen molar-refractivity contribution >= 4 is 0 Å². The van der Waals surface area contributed by atoms with Gasteiger partial charge in [0.25, 0.3) is 0 Å². The lowest BCUT2D eigenvalue weighted by Gasteiger charge is -2.10. The average molecular weight is 209 g/mol. The van der Waals surface area contributed by atoms with Crippen LogP contribution in [-0.2, 0) is 6.67 Å². The molecule has 0 unspecified atom stereocenters. The zero-order chi connectivity index (χ0) is 10.8. The van der Waals surface area contributed by atoms with E-state index in [4.69, 9.17) is 0 Å². The number of halogens is 4. The number of aryl methyl sites for hydroxylation is 1. The largest absolute Gasteiger partial charge is 0.574 e. The van der Waals surface area contributed by atoms with E-state index in [0.717, 1.165) is 0 Å². The topological polar surface area (TPSA) is 22.1 Å². The van der Waals surface area contributed by atoms with E-state index in [0.29, 0.717) is 5.56 Å². The van der Waals surface area contributed by atoms with Crippen molar-refractivity contribution in [1.82, 2.24) is 4.98 Å². The third kappa shape index (κ3) is 2.86. The standard InChI is InChI=1S/C8H7F4NO/c1-5-2-6(3-9)7(13-4-5)14-8(10,11)12/h2,4H,3H2,1H3. The second-order valence-corrected chi connectivity index (χ2v) is 2.66. The van der Waals surface area contributed by atoms with Crippen molar-refractivity contribution in [2.75, 3.05) is 0 Å². The van der Waals surface area contributed by atoms with Crippen LogP contribution in [0.3, 0.4) is 0 Å². The number of nitrogens with zero attached hydrogens (tertiary/aromatic N) is 1. The van der Waals surface area contributed by atoms with E-state index in [1.807, 2.05) is 0 Å². The summed E-state index contributed by atoms with van der Waals surface area (Å²) in [4.78, 5) is 3.35. The van der Waals surface area contributed by atoms with Gasteiger partial charge in [-0.1, -0.05) is 0 Å². The molecule has 0 aromatic carbocycles. The quantitative estimate of drug-likeness (QED) is 0.698. The second kappa shape index (κ2) is 3.81. The summed E-state index contributed by atoms with van der Waals surface area (Å²) in [7, 11) is 0. The van der Waals surface area contributed by atoms with Crippen LogP contribution < -0.4 is 4.74 Å². The molecule has 1 heterocycles. The van der Waals surface area contributed by atoms with E-state index in [-0.39, 0.29) is 5.56 Å². The van der Waals surface area contributed by atoms with Crippen LogP contribution in [-0.4, -0.2) is 11.3 Å². The number of rotatable bonds is 2. The number of alkyl halides is 4. The van der Waals surface area contributed by atoms with Crippen molar-refractivity contribution in [3.8, 4) is 5.88 Å². The smallest absolute Gasteiger partial charge is 0.387 e. The van der Waals surface area contributed by atoms with E-state index >= 15 is 0 Å². The van der Waals surface area contributed by atoms with Gasteiger partial charge in [-0.2, -0.15) is 0 Å². The predicted octanol–water partition coefficient (Wildman–Crippen LogP) is 2.76. The van der Waals surface area contributed by atoms with Crippen molar-refractivity contribution in [3.63, 3.8) is 0 Å². The maximum absolute atomic E-state index is 12.3. The fraction of sp³-hybridized carbons (Fsp3) is 0.375. The van der Waals surface area contributed by atoms with Crippen LogP contribution in [0.2, 0.25) is 0 Å². The van der Waals surface area contributed by atoms with Crippen LogP contribution in [0.15, 0.2) is 12.3 Å². The van der Waals surface area contributed by atoms with Gasteiger partial charge in [0.2, 0.25) is 5.88 Å². The van der Waals surface area contributed by atoms with Crippen LogP contribution in [0.5, 0.6) is 5.88 Å². The average Bonchev–Trinajstić information content (AvgIpc) is 2.06. The van der Waals surface area contributed by atoms with Crippen molar-refractivity contribution in [1.29, 1.82) is 0 Å². The van der Waals surface area contributed by atoms with Crippen molar-refractivity contribution in [2.45, 2.75) is 20.0 Å². The molecule has 2 nitrogen and oxygen atoms in total. The van der Waals surface area contributed by atoms with Crippen LogP contribution in [0.25, 0.3) is 0 Å². The molecular weight excluding hydrogens is 202 g/mol. The first kappa shape index (κ1) is 10.7. The molecule has 0 atom stereocenters. The molecule has 0 saturated carbocycles. The zero-order valence-corrected chi connectivity index (χ0v) is 7.23. The summed E-state index contributed by atoms with van der Waals surface area (Å²) in [5, 5.41) is 0. The van der Waals surface area contributed by atoms with Crippen LogP contribution >= 0.6 is 0 Å². The molecule has 0 aliphatic heterocycles. The molecule has 0 amide bonds. The second-order valence-electron chi connectivity index (χ2n) is 2.66. The molecule has 1 rings (SSSR count). The minimum absolute atomic E-state index is 0.206. The highest BCUT2D eigenvalue weighted by Gasteiger charge is 2.32. The van der Waals surface area contributed by atoms with E-state index < -0.39 is 18.9 Å². The lowest BCUT2D eigenvalue weighted by Crippen LogP contribution is -2.19. The highest BCUT2D eigenvalue weighted by Crippen LogP contribution is 2.25. The van der Waals surface area contributed by atoms with E-state index in [1.54, 1.807) is 6.92 Å². The first-order chi connectivity index (χ1) is 6.42. The van der Waals surface area contributed by atoms with Gasteiger partial charge in [-0.15, -0.1) is 13.2 Å². The van der Waals surface area contributed by atoms with Crippen molar-refractivity contribution in [3.05, 3.63) is 23.4 Å². The van der Waals surface area contributed by atoms with Gasteiger partial charge in [-0.3, -0.25) is 0 Å². The highest BCUT2D eigenvalue weighted by atomic mass is 19.4. The lowest BCUT2D eigenvalue weighted by molar-refractivity contribution is -0.276. The van der Waals surface area contributed by atoms with Gasteiger partial charge in [0, 0.05) is 11.8 Å². The van der Waals surface area contributed by atoms with Crippen molar-refractivity contribution in [2.24, 2.45) is 0 Å². The Balaban J connectivity index is 2.97. The van der Waals surface area contributed by atoms with Crippen LogP contribution in [0.4, 0.5) is 17.6 Å². The first-order valence-electron chi connectivity index (χ1n) is 3.69. The van der Waals surface area contributed by atoms with Gasteiger partial charge in [0.15, 0.2) is 0 Å². The van der Waals surface area contributed by atoms with Gasteiger partial charge in [0.05, 0.1) is 0 Å². The molecule has 6 heteroatoms. The Labute approximate surface area is 77.5 Å². The van der Waals surface area contributed by atoms with Crippen LogP contribution in [0, 0.1) is 6.92 Å². The van der Waals surface area contributed by atoms with E-state index in [1.165, 1.54) is 12.3 Å². The monoisotopic (exact) mass is 209 g/mol. The summed E-state index contributed by atoms with van der Waals surface area (Å²) < 4.78 is 51.1. The third-order valence-electron chi connectivity index (χ3n) is 1.42. The Hall–Kier alpha value is -1.33. The maximum Gasteiger partial charge on any atom is 0.574 e. The fourth-order valence-electron chi connectivity index (χ4n) is 0.914. The molecule has 1 aromatic heterocycles. The Bertz CT molecular complexity index is 324. The molecule has 14 heavy (non-hydrogen) atoms. The van der Waals surface area contributed by atoms with Gasteiger partial charge in [-0.05, 0) is 18.6 Å². The Morgan fingerprint density at radius 3 is 2.57 bits per heavy atom. The number of aromatic nitrogens is 1. The Morgan fingerprint density at radius 2 is 2.07 bits per heavy atom. The molecule has 0 aliphatic carbocycles. The molecule has 0 saturated heterocycles. The van der Waals surface area contributed by atoms with E-state index in [2.05, 4.69) is 9.72 Å². The SMILES string of the molecule is Cc1cnc(OC(F)(F)F)c(CF)c1. The van der Waals surface area contributed by atoms with Crippen LogP contribution in [0.1, 0.15) is 11.1 Å². The number of hydrogen-bond donors (Lipinski definition) is 0. The van der Waals surface area contributed by atoms with Gasteiger partial charge in [0.1, 0.15) is 6.67 Å². The summed E-state index contributed by atoms with van der Waals surface area (Å²) in [6.07, 6.45) is -3.66. The lowest BCUT2D eigenvalue weighted by atomic mass is 10.2. The van der Waals surface area contributed by atoms with E-state index in [9.17, 15) is 17.6 Å². The Kier molecular flexibility index (Phi) is 2.93. The van der Waals surface area contributed by atoms with Crippen molar-refractivity contribution < 1.29 is 22.3 Å². The molecule has 78 valence electrons. The summed E-state index contributed by atoms with van der Waals surface area (Å²) in [5.41, 5.74) is 0.370. The first-order valence-corrected chi connectivity index (χ1v) is 3.69. The number of hydrogen-bond acceptors (Lipinski definition) is 2. The minimum atomic E-state index is -4.84. The van der Waals surface area contributed by atoms with Gasteiger partial charge >= 0.3 is 6.36 Å². The minimum Gasteiger partial charge on any atom is -0.387 e. The molecule has 0 bridgehead atoms. The van der Waals surface area contributed by atoms with Gasteiger partial charge < -0.3 is 4.74 Å². The number of pyridine rings is 1. The summed E-state index contributed by atoms with van der Waals surface area (Å²) in [6.45, 7) is 0.559. The number of ether oxygens (including phenoxy) is 1. The highest BCUT2D eigenvalue weighted by molar-refractivity contribution is 5.28. The third-order valence-corrected chi connectivity index (χ3v) is 1.42. The molecule has 0 N–H and O–H groups in total. The summed E-state index contributed by atoms with van der Waals surface area (Å²) >= 11 is 0. The zero-order valence-electron chi connectivity index (χ0n) is 7.23. The summed E-state index contributed by atoms with van der Waals surface area (Å²) in [6, 6.07) is 1.26. The molecule has 0 spiro atoms. The predicted molar refractivity (Wildman–Crippen MR) is 40.5 cm³/mol. The Morgan fingerprint density at radius 1 is 1.43 bits per heavy atom. The normalized spacial score (nSPS) is 11.5. The molecule has 0 radical (unpaired) electrons. The molecular formula is C8H7F4NO. The molecule has 1 aromatic rings. The maximum atomic E-state index is 12.3. The fourth-order valence-corrected chi connectivity index (χ4v) is 0.914. The molecule has 0 aliphatic rings. The van der Waals surface area contributed by atoms with Gasteiger partial charge in [-0.25, -0.2) is 9.37 Å². The molecule has 0 fully saturated rings. The summed E-state index contributed by atoms with van der Waals surface area (Å²) in [5.74, 6) is -0.731.